The van der Waals surface area contributed by atoms with E-state index < -0.39 is 23.4 Å². The lowest BCUT2D eigenvalue weighted by Crippen LogP contribution is -2.16. The van der Waals surface area contributed by atoms with Gasteiger partial charge in [0.1, 0.15) is 11.6 Å². The normalized spacial score (nSPS) is 12.2. The molecule has 0 aliphatic heterocycles. The minimum absolute atomic E-state index is 0.115. The highest BCUT2D eigenvalue weighted by Crippen LogP contribution is 2.52. The first-order valence-electron chi connectivity index (χ1n) is 17.7. The third-order valence-corrected chi connectivity index (χ3v) is 10.5. The lowest BCUT2D eigenvalue weighted by molar-refractivity contribution is -0.136. The first-order chi connectivity index (χ1) is 25.9. The number of halogens is 5. The summed E-state index contributed by atoms with van der Waals surface area (Å²) in [5.74, 6) is -1.65. The highest BCUT2D eigenvalue weighted by molar-refractivity contribution is 6.12. The Morgan fingerprint density at radius 2 is 0.722 bits per heavy atom. The molecule has 9 rings (SSSR count). The fourth-order valence-electron chi connectivity index (χ4n) is 8.19. The van der Waals surface area contributed by atoms with E-state index in [2.05, 4.69) is 0 Å². The molecule has 0 aliphatic carbocycles. The van der Waals surface area contributed by atoms with Crippen molar-refractivity contribution in [1.29, 1.82) is 0 Å². The highest BCUT2D eigenvalue weighted by atomic mass is 19.4. The van der Waals surface area contributed by atoms with Gasteiger partial charge in [0.05, 0.1) is 39.0 Å². The van der Waals surface area contributed by atoms with E-state index in [-0.39, 0.29) is 33.6 Å². The summed E-state index contributed by atoms with van der Waals surface area (Å²) in [5, 5.41) is 3.40. The van der Waals surface area contributed by atoms with Gasteiger partial charge in [-0.2, -0.15) is 13.2 Å². The van der Waals surface area contributed by atoms with E-state index in [0.717, 1.165) is 55.9 Å². The highest BCUT2D eigenvalue weighted by Gasteiger charge is 2.42. The number of benzene rings is 7. The third kappa shape index (κ3) is 5.13. The molecular formula is C47H33F5N2. The molecule has 0 amide bonds. The Hall–Kier alpha value is -6.21. The largest absolute Gasteiger partial charge is 0.417 e. The summed E-state index contributed by atoms with van der Waals surface area (Å²) in [5.41, 5.74) is 4.43. The summed E-state index contributed by atoms with van der Waals surface area (Å²) in [4.78, 5) is 0. The summed E-state index contributed by atoms with van der Waals surface area (Å²) in [6.45, 7) is 7.88. The van der Waals surface area contributed by atoms with Crippen LogP contribution in [0.1, 0.15) is 27.8 Å². The Balaban J connectivity index is 1.60. The fraction of sp³-hybridized carbons (Fsp3) is 0.106. The zero-order chi connectivity index (χ0) is 37.6. The van der Waals surface area contributed by atoms with Crippen molar-refractivity contribution in [3.63, 3.8) is 0 Å². The van der Waals surface area contributed by atoms with Gasteiger partial charge in [-0.3, -0.25) is 0 Å². The Labute approximate surface area is 308 Å². The Bertz CT molecular complexity index is 2690. The van der Waals surface area contributed by atoms with Crippen LogP contribution in [-0.4, -0.2) is 9.13 Å². The Morgan fingerprint density at radius 3 is 1.02 bits per heavy atom. The maximum atomic E-state index is 16.4. The summed E-state index contributed by atoms with van der Waals surface area (Å²) < 4.78 is 85.2. The summed E-state index contributed by atoms with van der Waals surface area (Å²) in [6, 6.07) is 36.0. The molecule has 0 saturated heterocycles. The lowest BCUT2D eigenvalue weighted by Gasteiger charge is -2.27. The van der Waals surface area contributed by atoms with E-state index >= 15 is 22.0 Å². The number of hydrogen-bond acceptors (Lipinski definition) is 0. The van der Waals surface area contributed by atoms with Crippen molar-refractivity contribution in [2.75, 3.05) is 0 Å². The predicted octanol–water partition coefficient (Wildman–Crippen LogP) is 13.7. The minimum atomic E-state index is -5.07. The quantitative estimate of drug-likeness (QED) is 0.160. The molecule has 54 heavy (non-hydrogen) atoms. The van der Waals surface area contributed by atoms with Gasteiger partial charge in [0.2, 0.25) is 0 Å². The van der Waals surface area contributed by atoms with Crippen molar-refractivity contribution in [2.45, 2.75) is 33.9 Å². The Morgan fingerprint density at radius 1 is 0.407 bits per heavy atom. The van der Waals surface area contributed by atoms with Gasteiger partial charge in [0.25, 0.3) is 0 Å². The van der Waals surface area contributed by atoms with Gasteiger partial charge in [-0.25, -0.2) is 8.78 Å². The van der Waals surface area contributed by atoms with Crippen LogP contribution in [0.15, 0.2) is 127 Å². The molecule has 7 heteroatoms. The van der Waals surface area contributed by atoms with E-state index in [1.807, 2.05) is 100 Å². The van der Waals surface area contributed by atoms with Gasteiger partial charge in [0.15, 0.2) is 0 Å². The monoisotopic (exact) mass is 720 g/mol. The van der Waals surface area contributed by atoms with Gasteiger partial charge in [0, 0.05) is 43.8 Å². The second kappa shape index (κ2) is 12.2. The second-order valence-electron chi connectivity index (χ2n) is 14.3. The van der Waals surface area contributed by atoms with Crippen molar-refractivity contribution in [3.05, 3.63) is 167 Å². The second-order valence-corrected chi connectivity index (χ2v) is 14.3. The first-order valence-corrected chi connectivity index (χ1v) is 17.7. The minimum Gasteiger partial charge on any atom is -0.309 e. The smallest absolute Gasteiger partial charge is 0.309 e. The standard InChI is InChI=1S/C47H33F5N2/c1-26-13-17-38-32(21-26)33-22-27(2)14-18-39(33)53(38)42-25-43(54-40-19-15-28(3)23-34(40)35-24-29(4)16-20-41(35)54)45(31-10-6-8-12-37(31)49)46(47(50,51)52)44(42)30-9-5-7-11-36(30)48/h5-25H,1-4H3. The van der Waals surface area contributed by atoms with Crippen LogP contribution < -0.4 is 0 Å². The number of aromatic nitrogens is 2. The van der Waals surface area contributed by atoms with Crippen LogP contribution in [0.5, 0.6) is 0 Å². The molecule has 0 N–H and O–H groups in total. The van der Waals surface area contributed by atoms with E-state index in [9.17, 15) is 0 Å². The molecule has 0 unspecified atom stereocenters. The third-order valence-electron chi connectivity index (χ3n) is 10.5. The van der Waals surface area contributed by atoms with Gasteiger partial charge in [-0.1, -0.05) is 82.9 Å². The van der Waals surface area contributed by atoms with E-state index in [4.69, 9.17) is 0 Å². The van der Waals surface area contributed by atoms with Crippen LogP contribution in [0.25, 0.3) is 77.2 Å². The van der Waals surface area contributed by atoms with Crippen LogP contribution in [-0.2, 0) is 6.18 Å². The zero-order valence-corrected chi connectivity index (χ0v) is 29.9. The molecular weight excluding hydrogens is 688 g/mol. The average molecular weight is 721 g/mol. The van der Waals surface area contributed by atoms with Crippen molar-refractivity contribution < 1.29 is 22.0 Å². The fourth-order valence-corrected chi connectivity index (χ4v) is 8.19. The Kier molecular flexibility index (Phi) is 7.57. The van der Waals surface area contributed by atoms with Crippen molar-refractivity contribution in [1.82, 2.24) is 9.13 Å². The molecule has 0 fully saturated rings. The number of hydrogen-bond donors (Lipinski definition) is 0. The molecule has 2 aromatic heterocycles. The lowest BCUT2D eigenvalue weighted by atomic mass is 9.87. The van der Waals surface area contributed by atoms with E-state index in [1.165, 1.54) is 36.4 Å². The van der Waals surface area contributed by atoms with Crippen LogP contribution in [0.4, 0.5) is 22.0 Å². The van der Waals surface area contributed by atoms with Crippen molar-refractivity contribution >= 4 is 43.6 Å². The van der Waals surface area contributed by atoms with Crippen molar-refractivity contribution in [3.8, 4) is 33.6 Å². The molecule has 0 atom stereocenters. The molecule has 9 aromatic rings. The number of nitrogens with zero attached hydrogens (tertiary/aromatic N) is 2. The molecule has 0 bridgehead atoms. The number of fused-ring (bicyclic) bond motifs is 6. The molecule has 2 heterocycles. The molecule has 2 nitrogen and oxygen atoms in total. The van der Waals surface area contributed by atoms with Gasteiger partial charge < -0.3 is 9.13 Å². The molecule has 0 radical (unpaired) electrons. The average Bonchev–Trinajstić information content (AvgIpc) is 3.62. The molecule has 0 aliphatic rings. The SMILES string of the molecule is Cc1ccc2c(c1)c1cc(C)ccc1n2-c1cc(-n2c3ccc(C)cc3c3cc(C)ccc32)c(-c2ccccc2F)c(C(F)(F)F)c1-c1ccccc1F. The van der Waals surface area contributed by atoms with Gasteiger partial charge in [-0.15, -0.1) is 0 Å². The molecule has 7 aromatic carbocycles. The zero-order valence-electron chi connectivity index (χ0n) is 29.9. The van der Waals surface area contributed by atoms with Gasteiger partial charge in [-0.05, 0) is 94.4 Å². The topological polar surface area (TPSA) is 9.86 Å². The molecule has 0 saturated carbocycles. The van der Waals surface area contributed by atoms with E-state index in [0.29, 0.717) is 22.1 Å². The molecule has 0 spiro atoms. The van der Waals surface area contributed by atoms with Crippen LogP contribution in [0.2, 0.25) is 0 Å². The summed E-state index contributed by atoms with van der Waals surface area (Å²) >= 11 is 0. The summed E-state index contributed by atoms with van der Waals surface area (Å²) in [7, 11) is 0. The number of rotatable bonds is 4. The number of aryl methyl sites for hydroxylation is 4. The first kappa shape index (κ1) is 33.6. The maximum Gasteiger partial charge on any atom is 0.417 e. The van der Waals surface area contributed by atoms with Crippen LogP contribution >= 0.6 is 0 Å². The van der Waals surface area contributed by atoms with Crippen LogP contribution in [0.3, 0.4) is 0 Å². The van der Waals surface area contributed by atoms with Crippen LogP contribution in [0, 0.1) is 39.3 Å². The number of alkyl halides is 3. The van der Waals surface area contributed by atoms with Gasteiger partial charge >= 0.3 is 6.18 Å². The maximum absolute atomic E-state index is 16.4. The summed E-state index contributed by atoms with van der Waals surface area (Å²) in [6.07, 6.45) is -5.07. The van der Waals surface area contributed by atoms with E-state index in [1.54, 1.807) is 15.2 Å². The van der Waals surface area contributed by atoms with Crippen molar-refractivity contribution in [2.24, 2.45) is 0 Å². The molecule has 266 valence electrons. The predicted molar refractivity (Wildman–Crippen MR) is 210 cm³/mol.